The standard InChI is InChI=1S/C14H19N3O2/c1-14(2,3)19-13(18)17-9-5-11(6-10-17)12-15-7-4-8-16-12/h4-5,7-8H,6,9-10H2,1-3H3. The number of ether oxygens (including phenoxy) is 1. The molecule has 5 heteroatoms. The van der Waals surface area contributed by atoms with Crippen LogP contribution >= 0.6 is 0 Å². The summed E-state index contributed by atoms with van der Waals surface area (Å²) >= 11 is 0. The van der Waals surface area contributed by atoms with Crippen molar-refractivity contribution >= 4 is 11.7 Å². The summed E-state index contributed by atoms with van der Waals surface area (Å²) in [6.45, 7) is 6.79. The predicted octanol–water partition coefficient (Wildman–Crippen LogP) is 2.50. The highest BCUT2D eigenvalue weighted by Gasteiger charge is 2.24. The highest BCUT2D eigenvalue weighted by molar-refractivity contribution is 5.71. The van der Waals surface area contributed by atoms with E-state index in [1.165, 1.54) is 0 Å². The van der Waals surface area contributed by atoms with Crippen LogP contribution in [0.3, 0.4) is 0 Å². The normalized spacial score (nSPS) is 15.9. The van der Waals surface area contributed by atoms with Gasteiger partial charge in [-0.05, 0) is 38.8 Å². The zero-order chi connectivity index (χ0) is 13.9. The van der Waals surface area contributed by atoms with Gasteiger partial charge in [-0.15, -0.1) is 0 Å². The van der Waals surface area contributed by atoms with Crippen molar-refractivity contribution in [3.8, 4) is 0 Å². The molecule has 0 unspecified atom stereocenters. The Bertz CT molecular complexity index is 477. The maximum absolute atomic E-state index is 11.9. The van der Waals surface area contributed by atoms with E-state index < -0.39 is 5.60 Å². The summed E-state index contributed by atoms with van der Waals surface area (Å²) in [5.74, 6) is 0.742. The SMILES string of the molecule is CC(C)(C)OC(=O)N1CC=C(c2ncccn2)CC1. The Morgan fingerprint density at radius 1 is 1.32 bits per heavy atom. The minimum absolute atomic E-state index is 0.267. The first-order valence-corrected chi connectivity index (χ1v) is 6.40. The second kappa shape index (κ2) is 5.38. The Morgan fingerprint density at radius 2 is 2.00 bits per heavy atom. The molecule has 1 aliphatic heterocycles. The second-order valence-electron chi connectivity index (χ2n) is 5.48. The molecule has 2 heterocycles. The molecule has 0 saturated heterocycles. The van der Waals surface area contributed by atoms with E-state index in [0.717, 1.165) is 17.8 Å². The van der Waals surface area contributed by atoms with Crippen LogP contribution in [0.25, 0.3) is 5.57 Å². The number of nitrogens with zero attached hydrogens (tertiary/aromatic N) is 3. The van der Waals surface area contributed by atoms with Gasteiger partial charge in [0.2, 0.25) is 0 Å². The number of aromatic nitrogens is 2. The molecule has 0 N–H and O–H groups in total. The van der Waals surface area contributed by atoms with E-state index in [2.05, 4.69) is 9.97 Å². The van der Waals surface area contributed by atoms with Crippen LogP contribution in [-0.2, 0) is 4.74 Å². The zero-order valence-corrected chi connectivity index (χ0v) is 11.6. The molecule has 0 spiro atoms. The summed E-state index contributed by atoms with van der Waals surface area (Å²) in [6, 6.07) is 1.79. The molecule has 0 aromatic carbocycles. The lowest BCUT2D eigenvalue weighted by molar-refractivity contribution is 0.0270. The minimum atomic E-state index is -0.455. The maximum Gasteiger partial charge on any atom is 0.410 e. The van der Waals surface area contributed by atoms with Crippen LogP contribution in [0.2, 0.25) is 0 Å². The van der Waals surface area contributed by atoms with Crippen molar-refractivity contribution in [1.82, 2.24) is 14.9 Å². The predicted molar refractivity (Wildman–Crippen MR) is 72.4 cm³/mol. The van der Waals surface area contributed by atoms with Gasteiger partial charge in [0.15, 0.2) is 5.82 Å². The van der Waals surface area contributed by atoms with Crippen LogP contribution in [0, 0.1) is 0 Å². The lowest BCUT2D eigenvalue weighted by atomic mass is 10.1. The van der Waals surface area contributed by atoms with Crippen LogP contribution < -0.4 is 0 Å². The Hall–Kier alpha value is -1.91. The molecule has 0 radical (unpaired) electrons. The molecule has 0 saturated carbocycles. The number of amides is 1. The van der Waals surface area contributed by atoms with Gasteiger partial charge in [-0.3, -0.25) is 0 Å². The Balaban J connectivity index is 1.98. The van der Waals surface area contributed by atoms with Gasteiger partial charge >= 0.3 is 6.09 Å². The first-order valence-electron chi connectivity index (χ1n) is 6.40. The van der Waals surface area contributed by atoms with Crippen LogP contribution in [0.4, 0.5) is 4.79 Å². The van der Waals surface area contributed by atoms with E-state index in [-0.39, 0.29) is 6.09 Å². The van der Waals surface area contributed by atoms with Gasteiger partial charge in [0.1, 0.15) is 5.60 Å². The fraction of sp³-hybridized carbons (Fsp3) is 0.500. The fourth-order valence-corrected chi connectivity index (χ4v) is 1.83. The molecule has 19 heavy (non-hydrogen) atoms. The van der Waals surface area contributed by atoms with Crippen molar-refractivity contribution in [1.29, 1.82) is 0 Å². The molecule has 0 aliphatic carbocycles. The monoisotopic (exact) mass is 261 g/mol. The molecule has 0 bridgehead atoms. The molecular weight excluding hydrogens is 242 g/mol. The van der Waals surface area contributed by atoms with E-state index >= 15 is 0 Å². The van der Waals surface area contributed by atoms with Gasteiger partial charge in [-0.25, -0.2) is 14.8 Å². The first-order chi connectivity index (χ1) is 8.96. The number of hydrogen-bond donors (Lipinski definition) is 0. The largest absolute Gasteiger partial charge is 0.444 e. The lowest BCUT2D eigenvalue weighted by Crippen LogP contribution is -2.39. The Kier molecular flexibility index (Phi) is 3.83. The lowest BCUT2D eigenvalue weighted by Gasteiger charge is -2.29. The molecular formula is C14H19N3O2. The van der Waals surface area contributed by atoms with Gasteiger partial charge in [-0.1, -0.05) is 6.08 Å². The number of carbonyl (C=O) groups is 1. The molecule has 2 rings (SSSR count). The quantitative estimate of drug-likeness (QED) is 0.779. The molecule has 0 atom stereocenters. The van der Waals surface area contributed by atoms with Crippen molar-refractivity contribution in [2.45, 2.75) is 32.8 Å². The molecule has 1 aromatic heterocycles. The molecule has 5 nitrogen and oxygen atoms in total. The van der Waals surface area contributed by atoms with Gasteiger partial charge in [0, 0.05) is 25.5 Å². The summed E-state index contributed by atoms with van der Waals surface area (Å²) in [4.78, 5) is 22.0. The highest BCUT2D eigenvalue weighted by Crippen LogP contribution is 2.20. The molecule has 1 aromatic rings. The Morgan fingerprint density at radius 3 is 2.53 bits per heavy atom. The first kappa shape index (κ1) is 13.5. The zero-order valence-electron chi connectivity index (χ0n) is 11.6. The van der Waals surface area contributed by atoms with E-state index in [1.54, 1.807) is 23.4 Å². The molecule has 102 valence electrons. The van der Waals surface area contributed by atoms with E-state index in [0.29, 0.717) is 13.1 Å². The van der Waals surface area contributed by atoms with E-state index in [9.17, 15) is 4.79 Å². The topological polar surface area (TPSA) is 55.3 Å². The van der Waals surface area contributed by atoms with Gasteiger partial charge in [-0.2, -0.15) is 0 Å². The van der Waals surface area contributed by atoms with Gasteiger partial charge < -0.3 is 9.64 Å². The van der Waals surface area contributed by atoms with Crippen molar-refractivity contribution < 1.29 is 9.53 Å². The number of carbonyl (C=O) groups excluding carboxylic acids is 1. The van der Waals surface area contributed by atoms with Crippen LogP contribution in [0.15, 0.2) is 24.5 Å². The van der Waals surface area contributed by atoms with E-state index in [1.807, 2.05) is 26.8 Å². The third kappa shape index (κ3) is 3.77. The number of rotatable bonds is 1. The second-order valence-corrected chi connectivity index (χ2v) is 5.48. The number of hydrogen-bond acceptors (Lipinski definition) is 4. The molecule has 1 aliphatic rings. The third-order valence-corrected chi connectivity index (χ3v) is 2.71. The molecule has 1 amide bonds. The van der Waals surface area contributed by atoms with Crippen molar-refractivity contribution in [2.24, 2.45) is 0 Å². The maximum atomic E-state index is 11.9. The van der Waals surface area contributed by atoms with Crippen molar-refractivity contribution in [2.75, 3.05) is 13.1 Å². The third-order valence-electron chi connectivity index (χ3n) is 2.71. The minimum Gasteiger partial charge on any atom is -0.444 e. The average Bonchev–Trinajstić information content (AvgIpc) is 2.38. The Labute approximate surface area is 113 Å². The highest BCUT2D eigenvalue weighted by atomic mass is 16.6. The van der Waals surface area contributed by atoms with Gasteiger partial charge in [0.05, 0.1) is 0 Å². The van der Waals surface area contributed by atoms with Gasteiger partial charge in [0.25, 0.3) is 0 Å². The van der Waals surface area contributed by atoms with Crippen LogP contribution in [-0.4, -0.2) is 39.7 Å². The van der Waals surface area contributed by atoms with Crippen molar-refractivity contribution in [3.05, 3.63) is 30.4 Å². The van der Waals surface area contributed by atoms with Crippen LogP contribution in [0.5, 0.6) is 0 Å². The average molecular weight is 261 g/mol. The fourth-order valence-electron chi connectivity index (χ4n) is 1.83. The summed E-state index contributed by atoms with van der Waals surface area (Å²) in [5.41, 5.74) is 0.629. The summed E-state index contributed by atoms with van der Waals surface area (Å²) < 4.78 is 5.34. The van der Waals surface area contributed by atoms with Crippen molar-refractivity contribution in [3.63, 3.8) is 0 Å². The smallest absolute Gasteiger partial charge is 0.410 e. The van der Waals surface area contributed by atoms with Crippen LogP contribution in [0.1, 0.15) is 33.0 Å². The van der Waals surface area contributed by atoms with E-state index in [4.69, 9.17) is 4.74 Å². The summed E-state index contributed by atoms with van der Waals surface area (Å²) in [6.07, 6.45) is 5.93. The summed E-state index contributed by atoms with van der Waals surface area (Å²) in [5, 5.41) is 0. The summed E-state index contributed by atoms with van der Waals surface area (Å²) in [7, 11) is 0. The molecule has 0 fully saturated rings.